The number of carbonyl (C=O) groups excluding carboxylic acids is 1. The number of rotatable bonds is 3. The molecule has 5 heteroatoms. The number of hydrogen-bond acceptors (Lipinski definition) is 2. The molecule has 1 heterocycles. The van der Waals surface area contributed by atoms with E-state index in [1.54, 1.807) is 4.90 Å². The fourth-order valence-corrected chi connectivity index (χ4v) is 3.07. The van der Waals surface area contributed by atoms with Gasteiger partial charge in [0.15, 0.2) is 0 Å². The predicted octanol–water partition coefficient (Wildman–Crippen LogP) is 1.88. The first-order valence-electron chi connectivity index (χ1n) is 7.22. The highest BCUT2D eigenvalue weighted by atomic mass is 16.4. The second kappa shape index (κ2) is 5.80. The molecular formula is C14H24N2O3. The van der Waals surface area contributed by atoms with E-state index in [-0.39, 0.29) is 17.9 Å². The molecule has 1 saturated heterocycles. The monoisotopic (exact) mass is 268 g/mol. The van der Waals surface area contributed by atoms with E-state index in [2.05, 4.69) is 0 Å². The number of carboxylic acid groups (broad SMARTS) is 1. The van der Waals surface area contributed by atoms with Crippen LogP contribution in [0, 0.1) is 17.8 Å². The van der Waals surface area contributed by atoms with Gasteiger partial charge in [-0.25, -0.2) is 4.79 Å². The number of carboxylic acids is 1. The van der Waals surface area contributed by atoms with Gasteiger partial charge in [-0.15, -0.1) is 0 Å². The number of piperidine rings is 1. The predicted molar refractivity (Wildman–Crippen MR) is 71.8 cm³/mol. The van der Waals surface area contributed by atoms with Crippen molar-refractivity contribution in [3.05, 3.63) is 0 Å². The Hall–Kier alpha value is -1.26. The smallest absolute Gasteiger partial charge is 0.319 e. The maximum Gasteiger partial charge on any atom is 0.319 e. The molecular weight excluding hydrogens is 244 g/mol. The molecule has 1 aliphatic heterocycles. The van der Waals surface area contributed by atoms with E-state index >= 15 is 0 Å². The lowest BCUT2D eigenvalue weighted by Gasteiger charge is -2.38. The van der Waals surface area contributed by atoms with Crippen molar-refractivity contribution in [2.24, 2.45) is 17.8 Å². The average Bonchev–Trinajstić information content (AvgIpc) is 2.32. The summed E-state index contributed by atoms with van der Waals surface area (Å²) in [6, 6.07) is 0.0580. The van der Waals surface area contributed by atoms with Crippen molar-refractivity contribution in [3.63, 3.8) is 0 Å². The number of carbonyl (C=O) groups is 2. The van der Waals surface area contributed by atoms with Gasteiger partial charge in [-0.1, -0.05) is 13.3 Å². The Labute approximate surface area is 114 Å². The fourth-order valence-electron chi connectivity index (χ4n) is 3.07. The van der Waals surface area contributed by atoms with Crippen LogP contribution < -0.4 is 0 Å². The van der Waals surface area contributed by atoms with Crippen molar-refractivity contribution in [1.29, 1.82) is 0 Å². The first-order valence-corrected chi connectivity index (χ1v) is 7.22. The van der Waals surface area contributed by atoms with E-state index in [1.165, 1.54) is 19.3 Å². The maximum atomic E-state index is 12.3. The highest BCUT2D eigenvalue weighted by Crippen LogP contribution is 2.28. The van der Waals surface area contributed by atoms with Crippen molar-refractivity contribution in [1.82, 2.24) is 9.80 Å². The topological polar surface area (TPSA) is 60.9 Å². The Bertz CT molecular complexity index is 355. The SMILES string of the molecule is CC1CN(C(=O)N(C)CC2CCC2)CCC1C(=O)O. The van der Waals surface area contributed by atoms with Gasteiger partial charge in [0.1, 0.15) is 0 Å². The molecule has 0 spiro atoms. The molecule has 0 radical (unpaired) electrons. The lowest BCUT2D eigenvalue weighted by molar-refractivity contribution is -0.145. The number of urea groups is 1. The van der Waals surface area contributed by atoms with Crippen molar-refractivity contribution in [3.8, 4) is 0 Å². The molecule has 0 aromatic heterocycles. The standard InChI is InChI=1S/C14H24N2O3/c1-10-8-16(7-6-12(10)13(17)18)14(19)15(2)9-11-4-3-5-11/h10-12H,3-9H2,1-2H3,(H,17,18). The van der Waals surface area contributed by atoms with Gasteiger partial charge in [0, 0.05) is 26.7 Å². The van der Waals surface area contributed by atoms with Crippen LogP contribution in [0.1, 0.15) is 32.6 Å². The number of hydrogen-bond donors (Lipinski definition) is 1. The Morgan fingerprint density at radius 2 is 2.00 bits per heavy atom. The van der Waals surface area contributed by atoms with Gasteiger partial charge in [-0.05, 0) is 31.1 Å². The lowest BCUT2D eigenvalue weighted by atomic mass is 9.85. The minimum Gasteiger partial charge on any atom is -0.481 e. The van der Waals surface area contributed by atoms with Crippen LogP contribution in [0.15, 0.2) is 0 Å². The van der Waals surface area contributed by atoms with Crippen molar-refractivity contribution in [2.45, 2.75) is 32.6 Å². The van der Waals surface area contributed by atoms with Crippen LogP contribution in [-0.2, 0) is 4.79 Å². The Kier molecular flexibility index (Phi) is 4.32. The van der Waals surface area contributed by atoms with E-state index < -0.39 is 5.97 Å². The van der Waals surface area contributed by atoms with Gasteiger partial charge in [-0.2, -0.15) is 0 Å². The zero-order chi connectivity index (χ0) is 14.0. The quantitative estimate of drug-likeness (QED) is 0.850. The fraction of sp³-hybridized carbons (Fsp3) is 0.857. The molecule has 0 bridgehead atoms. The molecule has 2 amide bonds. The van der Waals surface area contributed by atoms with Gasteiger partial charge in [0.25, 0.3) is 0 Å². The number of aliphatic carboxylic acids is 1. The summed E-state index contributed by atoms with van der Waals surface area (Å²) in [7, 11) is 1.86. The summed E-state index contributed by atoms with van der Waals surface area (Å²) in [6.45, 7) is 3.89. The van der Waals surface area contributed by atoms with Crippen LogP contribution in [0.3, 0.4) is 0 Å². The molecule has 2 unspecified atom stereocenters. The summed E-state index contributed by atoms with van der Waals surface area (Å²) >= 11 is 0. The van der Waals surface area contributed by atoms with Gasteiger partial charge in [0.2, 0.25) is 0 Å². The molecule has 0 aromatic rings. The second-order valence-corrected chi connectivity index (χ2v) is 6.12. The Morgan fingerprint density at radius 1 is 1.32 bits per heavy atom. The number of nitrogens with zero attached hydrogens (tertiary/aromatic N) is 2. The Morgan fingerprint density at radius 3 is 2.47 bits per heavy atom. The molecule has 2 atom stereocenters. The van der Waals surface area contributed by atoms with E-state index in [0.29, 0.717) is 25.4 Å². The molecule has 2 fully saturated rings. The molecule has 1 saturated carbocycles. The first kappa shape index (κ1) is 14.2. The molecule has 2 aliphatic rings. The second-order valence-electron chi connectivity index (χ2n) is 6.12. The molecule has 2 rings (SSSR count). The van der Waals surface area contributed by atoms with Crippen LogP contribution in [-0.4, -0.2) is 53.6 Å². The average molecular weight is 268 g/mol. The number of amides is 2. The molecule has 1 aliphatic carbocycles. The maximum absolute atomic E-state index is 12.3. The van der Waals surface area contributed by atoms with Crippen molar-refractivity contribution < 1.29 is 14.7 Å². The summed E-state index contributed by atoms with van der Waals surface area (Å²) in [4.78, 5) is 27.0. The zero-order valence-corrected chi connectivity index (χ0v) is 11.8. The van der Waals surface area contributed by atoms with E-state index in [4.69, 9.17) is 5.11 Å². The normalized spacial score (nSPS) is 27.8. The van der Waals surface area contributed by atoms with Gasteiger partial charge in [0.05, 0.1) is 5.92 Å². The van der Waals surface area contributed by atoms with Gasteiger partial charge in [-0.3, -0.25) is 4.79 Å². The third kappa shape index (κ3) is 3.19. The molecule has 5 nitrogen and oxygen atoms in total. The van der Waals surface area contributed by atoms with Crippen LogP contribution in [0.5, 0.6) is 0 Å². The minimum atomic E-state index is -0.734. The van der Waals surface area contributed by atoms with Gasteiger partial charge < -0.3 is 14.9 Å². The van der Waals surface area contributed by atoms with Crippen LogP contribution >= 0.6 is 0 Å². The van der Waals surface area contributed by atoms with Crippen LogP contribution in [0.25, 0.3) is 0 Å². The summed E-state index contributed by atoms with van der Waals surface area (Å²) in [5.74, 6) is -0.335. The van der Waals surface area contributed by atoms with Gasteiger partial charge >= 0.3 is 12.0 Å². The third-order valence-corrected chi connectivity index (χ3v) is 4.58. The highest BCUT2D eigenvalue weighted by molar-refractivity contribution is 5.75. The molecule has 19 heavy (non-hydrogen) atoms. The summed E-state index contributed by atoms with van der Waals surface area (Å²) in [6.07, 6.45) is 4.32. The lowest BCUT2D eigenvalue weighted by Crippen LogP contribution is -2.50. The van der Waals surface area contributed by atoms with Crippen LogP contribution in [0.4, 0.5) is 4.79 Å². The molecule has 0 aromatic carbocycles. The van der Waals surface area contributed by atoms with E-state index in [1.807, 2.05) is 18.9 Å². The van der Waals surface area contributed by atoms with Crippen LogP contribution in [0.2, 0.25) is 0 Å². The van der Waals surface area contributed by atoms with E-state index in [9.17, 15) is 9.59 Å². The molecule has 108 valence electrons. The minimum absolute atomic E-state index is 0.0345. The third-order valence-electron chi connectivity index (χ3n) is 4.58. The highest BCUT2D eigenvalue weighted by Gasteiger charge is 2.34. The first-order chi connectivity index (χ1) is 8.99. The number of likely N-dealkylation sites (tertiary alicyclic amines) is 1. The summed E-state index contributed by atoms with van der Waals surface area (Å²) in [5.41, 5.74) is 0. The molecule has 1 N–H and O–H groups in total. The Balaban J connectivity index is 1.84. The largest absolute Gasteiger partial charge is 0.481 e. The van der Waals surface area contributed by atoms with Crippen molar-refractivity contribution >= 4 is 12.0 Å². The summed E-state index contributed by atoms with van der Waals surface area (Å²) < 4.78 is 0. The summed E-state index contributed by atoms with van der Waals surface area (Å²) in [5, 5.41) is 9.09. The van der Waals surface area contributed by atoms with E-state index in [0.717, 1.165) is 6.54 Å². The van der Waals surface area contributed by atoms with Crippen molar-refractivity contribution in [2.75, 3.05) is 26.7 Å². The zero-order valence-electron chi connectivity index (χ0n) is 11.8.